The van der Waals surface area contributed by atoms with E-state index in [2.05, 4.69) is 0 Å². The maximum atomic E-state index is 13.7. The molecular formula is C30H34N2O7S. The van der Waals surface area contributed by atoms with E-state index in [4.69, 9.17) is 18.6 Å². The summed E-state index contributed by atoms with van der Waals surface area (Å²) in [5.41, 5.74) is 0.940. The van der Waals surface area contributed by atoms with E-state index in [9.17, 15) is 13.2 Å². The SMILES string of the molecule is COCCN(CC(=O)N(CCc1ccc(OC)c(OC)c1)Cc1ccco1)S(=O)(=O)c1ccc2ccccc2c1. The van der Waals surface area contributed by atoms with Crippen LogP contribution in [0.5, 0.6) is 11.5 Å². The minimum Gasteiger partial charge on any atom is -0.493 e. The van der Waals surface area contributed by atoms with E-state index < -0.39 is 10.0 Å². The molecule has 0 aliphatic carbocycles. The number of hydrogen-bond acceptors (Lipinski definition) is 7. The van der Waals surface area contributed by atoms with Gasteiger partial charge in [-0.15, -0.1) is 0 Å². The summed E-state index contributed by atoms with van der Waals surface area (Å²) in [4.78, 5) is 15.4. The zero-order valence-electron chi connectivity index (χ0n) is 22.9. The highest BCUT2D eigenvalue weighted by Gasteiger charge is 2.29. The van der Waals surface area contributed by atoms with Gasteiger partial charge in [-0.3, -0.25) is 4.79 Å². The second kappa shape index (κ2) is 13.5. The van der Waals surface area contributed by atoms with Gasteiger partial charge < -0.3 is 23.5 Å². The first-order valence-electron chi connectivity index (χ1n) is 12.8. The lowest BCUT2D eigenvalue weighted by atomic mass is 10.1. The average Bonchev–Trinajstić information content (AvgIpc) is 3.50. The third-order valence-corrected chi connectivity index (χ3v) is 8.45. The lowest BCUT2D eigenvalue weighted by Crippen LogP contribution is -2.44. The largest absolute Gasteiger partial charge is 0.493 e. The predicted octanol–water partition coefficient (Wildman–Crippen LogP) is 4.36. The van der Waals surface area contributed by atoms with Crippen molar-refractivity contribution < 1.29 is 31.8 Å². The topological polar surface area (TPSA) is 98.5 Å². The van der Waals surface area contributed by atoms with Crippen LogP contribution in [-0.2, 0) is 32.5 Å². The number of sulfonamides is 1. The number of carbonyl (C=O) groups is 1. The van der Waals surface area contributed by atoms with Crippen LogP contribution >= 0.6 is 0 Å². The van der Waals surface area contributed by atoms with Gasteiger partial charge in [0.2, 0.25) is 15.9 Å². The molecule has 0 radical (unpaired) electrons. The number of methoxy groups -OCH3 is 3. The number of benzene rings is 3. The van der Waals surface area contributed by atoms with E-state index in [1.807, 2.05) is 42.5 Å². The molecule has 4 rings (SSSR count). The molecule has 9 nitrogen and oxygen atoms in total. The van der Waals surface area contributed by atoms with Gasteiger partial charge in [0.25, 0.3) is 0 Å². The molecule has 0 aliphatic heterocycles. The number of carbonyl (C=O) groups excluding carboxylic acids is 1. The Hall–Kier alpha value is -3.86. The Bertz CT molecular complexity index is 1520. The predicted molar refractivity (Wildman–Crippen MR) is 152 cm³/mol. The van der Waals surface area contributed by atoms with Crippen molar-refractivity contribution in [2.75, 3.05) is 47.6 Å². The molecule has 0 saturated heterocycles. The van der Waals surface area contributed by atoms with E-state index in [-0.39, 0.29) is 37.0 Å². The van der Waals surface area contributed by atoms with Crippen LogP contribution in [0.2, 0.25) is 0 Å². The van der Waals surface area contributed by atoms with Gasteiger partial charge in [-0.2, -0.15) is 4.31 Å². The van der Waals surface area contributed by atoms with E-state index in [1.54, 1.807) is 55.7 Å². The van der Waals surface area contributed by atoms with Crippen molar-refractivity contribution >= 4 is 26.7 Å². The number of furan rings is 1. The van der Waals surface area contributed by atoms with Crippen molar-refractivity contribution in [2.45, 2.75) is 17.9 Å². The summed E-state index contributed by atoms with van der Waals surface area (Å²) in [5.74, 6) is 1.46. The molecule has 10 heteroatoms. The molecule has 0 spiro atoms. The van der Waals surface area contributed by atoms with Crippen LogP contribution in [0.3, 0.4) is 0 Å². The highest BCUT2D eigenvalue weighted by Crippen LogP contribution is 2.28. The maximum Gasteiger partial charge on any atom is 0.243 e. The van der Waals surface area contributed by atoms with E-state index >= 15 is 0 Å². The molecule has 1 amide bonds. The third kappa shape index (κ3) is 7.01. The van der Waals surface area contributed by atoms with Gasteiger partial charge in [-0.05, 0) is 59.2 Å². The van der Waals surface area contributed by atoms with E-state index in [1.165, 1.54) is 11.4 Å². The number of rotatable bonds is 14. The van der Waals surface area contributed by atoms with Gasteiger partial charge in [-0.1, -0.05) is 36.4 Å². The summed E-state index contributed by atoms with van der Waals surface area (Å²) in [6, 6.07) is 21.6. The van der Waals surface area contributed by atoms with E-state index in [0.717, 1.165) is 16.3 Å². The minimum absolute atomic E-state index is 0.0294. The quantitative estimate of drug-likeness (QED) is 0.224. The normalized spacial score (nSPS) is 11.6. The number of fused-ring (bicyclic) bond motifs is 1. The van der Waals surface area contributed by atoms with Gasteiger partial charge in [0.05, 0.1) is 45.1 Å². The molecule has 212 valence electrons. The molecular weight excluding hydrogens is 532 g/mol. The standard InChI is InChI=1S/C30H34N2O7S/c1-36-18-16-32(40(34,35)27-12-11-24-7-4-5-8-25(24)20-27)22-30(33)31(21-26-9-6-17-39-26)15-14-23-10-13-28(37-2)29(19-23)38-3/h4-13,17,19-20H,14-16,18,21-22H2,1-3H3. The minimum atomic E-state index is -3.99. The molecule has 0 unspecified atom stereocenters. The molecule has 0 N–H and O–H groups in total. The first kappa shape index (κ1) is 29.1. The molecule has 0 saturated carbocycles. The lowest BCUT2D eigenvalue weighted by Gasteiger charge is -2.27. The molecule has 1 heterocycles. The number of hydrogen-bond donors (Lipinski definition) is 0. The van der Waals surface area contributed by atoms with Crippen molar-refractivity contribution in [3.05, 3.63) is 90.4 Å². The molecule has 4 aromatic rings. The number of amides is 1. The van der Waals surface area contributed by atoms with Gasteiger partial charge in [0.15, 0.2) is 11.5 Å². The van der Waals surface area contributed by atoms with E-state index in [0.29, 0.717) is 30.2 Å². The monoisotopic (exact) mass is 566 g/mol. The third-order valence-electron chi connectivity index (χ3n) is 6.61. The Morgan fingerprint density at radius 3 is 2.33 bits per heavy atom. The first-order chi connectivity index (χ1) is 19.3. The summed E-state index contributed by atoms with van der Waals surface area (Å²) in [7, 11) is 0.648. The van der Waals surface area contributed by atoms with Crippen molar-refractivity contribution in [1.82, 2.24) is 9.21 Å². The maximum absolute atomic E-state index is 13.7. The van der Waals surface area contributed by atoms with Gasteiger partial charge in [-0.25, -0.2) is 8.42 Å². The average molecular weight is 567 g/mol. The molecule has 0 atom stereocenters. The Morgan fingerprint density at radius 2 is 1.62 bits per heavy atom. The second-order valence-corrected chi connectivity index (χ2v) is 11.1. The van der Waals surface area contributed by atoms with Crippen molar-refractivity contribution in [2.24, 2.45) is 0 Å². The van der Waals surface area contributed by atoms with Gasteiger partial charge in [0.1, 0.15) is 5.76 Å². The first-order valence-corrected chi connectivity index (χ1v) is 14.3. The fourth-order valence-corrected chi connectivity index (χ4v) is 5.80. The summed E-state index contributed by atoms with van der Waals surface area (Å²) in [6.07, 6.45) is 2.06. The zero-order valence-corrected chi connectivity index (χ0v) is 23.7. The van der Waals surface area contributed by atoms with Crippen LogP contribution in [0, 0.1) is 0 Å². The fraction of sp³-hybridized carbons (Fsp3) is 0.300. The molecule has 0 bridgehead atoms. The lowest BCUT2D eigenvalue weighted by molar-refractivity contribution is -0.132. The van der Waals surface area contributed by atoms with Crippen LogP contribution in [0.15, 0.2) is 88.4 Å². The van der Waals surface area contributed by atoms with Crippen LogP contribution < -0.4 is 9.47 Å². The van der Waals surface area contributed by atoms with Crippen LogP contribution in [0.25, 0.3) is 10.8 Å². The van der Waals surface area contributed by atoms with Crippen LogP contribution in [-0.4, -0.2) is 71.1 Å². The second-order valence-electron chi connectivity index (χ2n) is 9.17. The smallest absolute Gasteiger partial charge is 0.243 e. The Balaban J connectivity index is 1.57. The summed E-state index contributed by atoms with van der Waals surface area (Å²) in [6.45, 7) is 0.368. The van der Waals surface area contributed by atoms with Crippen LogP contribution in [0.4, 0.5) is 0 Å². The molecule has 0 fully saturated rings. The Morgan fingerprint density at radius 1 is 0.850 bits per heavy atom. The van der Waals surface area contributed by atoms with Crippen molar-refractivity contribution in [1.29, 1.82) is 0 Å². The summed E-state index contributed by atoms with van der Waals surface area (Å²) >= 11 is 0. The molecule has 1 aromatic heterocycles. The Kier molecular flexibility index (Phi) is 9.81. The summed E-state index contributed by atoms with van der Waals surface area (Å²) < 4.78 is 50.0. The number of nitrogens with zero attached hydrogens (tertiary/aromatic N) is 2. The Labute approximate surface area is 234 Å². The van der Waals surface area contributed by atoms with Crippen molar-refractivity contribution in [3.63, 3.8) is 0 Å². The zero-order chi connectivity index (χ0) is 28.5. The van der Waals surface area contributed by atoms with Gasteiger partial charge in [0, 0.05) is 20.2 Å². The highest BCUT2D eigenvalue weighted by molar-refractivity contribution is 7.89. The summed E-state index contributed by atoms with van der Waals surface area (Å²) in [5, 5.41) is 1.73. The molecule has 40 heavy (non-hydrogen) atoms. The molecule has 0 aliphatic rings. The van der Waals surface area contributed by atoms with Gasteiger partial charge >= 0.3 is 0 Å². The number of ether oxygens (including phenoxy) is 3. The van der Waals surface area contributed by atoms with Crippen molar-refractivity contribution in [3.8, 4) is 11.5 Å². The molecule has 3 aromatic carbocycles. The fourth-order valence-electron chi connectivity index (χ4n) is 4.39. The van der Waals surface area contributed by atoms with Crippen LogP contribution in [0.1, 0.15) is 11.3 Å². The highest BCUT2D eigenvalue weighted by atomic mass is 32.2.